The molecule has 0 bridgehead atoms. The van der Waals surface area contributed by atoms with Gasteiger partial charge in [0.25, 0.3) is 0 Å². The molecule has 0 fully saturated rings. The number of carbonyl (C=O) groups excluding carboxylic acids is 1. The van der Waals surface area contributed by atoms with Crippen LogP contribution in [0.2, 0.25) is 0 Å². The molecule has 17 heavy (non-hydrogen) atoms. The maximum Gasteiger partial charge on any atom is 0.319 e. The number of urea groups is 1. The summed E-state index contributed by atoms with van der Waals surface area (Å²) in [4.78, 5) is 25.5. The number of hydrogen-bond donors (Lipinski definition) is 3. The molecule has 0 unspecified atom stereocenters. The standard InChI is InChI=1S/C11H15N3O3/c1-8-5-9(7-12-6-8)14-11(17)13-4-2-3-10(15)16/h5-7H,2-4H2,1H3,(H,15,16)(H2,13,14,17). The number of rotatable bonds is 5. The third-order valence-corrected chi connectivity index (χ3v) is 1.99. The van der Waals surface area contributed by atoms with E-state index < -0.39 is 5.97 Å². The molecule has 1 heterocycles. The maximum absolute atomic E-state index is 11.4. The van der Waals surface area contributed by atoms with Crippen molar-refractivity contribution in [1.82, 2.24) is 10.3 Å². The fraction of sp³-hybridized carbons (Fsp3) is 0.364. The lowest BCUT2D eigenvalue weighted by Crippen LogP contribution is -2.29. The largest absolute Gasteiger partial charge is 0.481 e. The van der Waals surface area contributed by atoms with Gasteiger partial charge in [-0.05, 0) is 25.0 Å². The number of carbonyl (C=O) groups is 2. The number of amides is 2. The number of anilines is 1. The van der Waals surface area contributed by atoms with Crippen molar-refractivity contribution in [3.05, 3.63) is 24.0 Å². The van der Waals surface area contributed by atoms with Gasteiger partial charge in [-0.25, -0.2) is 4.79 Å². The molecule has 6 heteroatoms. The smallest absolute Gasteiger partial charge is 0.319 e. The Morgan fingerprint density at radius 2 is 2.18 bits per heavy atom. The zero-order chi connectivity index (χ0) is 12.7. The van der Waals surface area contributed by atoms with Crippen molar-refractivity contribution in [1.29, 1.82) is 0 Å². The molecular formula is C11H15N3O3. The fourth-order valence-electron chi connectivity index (χ4n) is 1.24. The van der Waals surface area contributed by atoms with Crippen LogP contribution in [-0.4, -0.2) is 28.6 Å². The van der Waals surface area contributed by atoms with E-state index in [1.807, 2.05) is 6.92 Å². The van der Waals surface area contributed by atoms with E-state index >= 15 is 0 Å². The van der Waals surface area contributed by atoms with Gasteiger partial charge in [-0.2, -0.15) is 0 Å². The first kappa shape index (κ1) is 13.0. The molecule has 6 nitrogen and oxygen atoms in total. The number of aromatic nitrogens is 1. The Morgan fingerprint density at radius 3 is 2.82 bits per heavy atom. The van der Waals surface area contributed by atoms with Crippen LogP contribution in [0.25, 0.3) is 0 Å². The highest BCUT2D eigenvalue weighted by atomic mass is 16.4. The lowest BCUT2D eigenvalue weighted by molar-refractivity contribution is -0.137. The van der Waals surface area contributed by atoms with E-state index in [2.05, 4.69) is 15.6 Å². The van der Waals surface area contributed by atoms with Gasteiger partial charge in [-0.1, -0.05) is 0 Å². The molecule has 0 aliphatic carbocycles. The Balaban J connectivity index is 2.27. The number of aliphatic carboxylic acids is 1. The lowest BCUT2D eigenvalue weighted by Gasteiger charge is -2.06. The summed E-state index contributed by atoms with van der Waals surface area (Å²) in [6, 6.07) is 1.44. The van der Waals surface area contributed by atoms with Gasteiger partial charge in [0.2, 0.25) is 0 Å². The average molecular weight is 237 g/mol. The summed E-state index contributed by atoms with van der Waals surface area (Å²) >= 11 is 0. The summed E-state index contributed by atoms with van der Waals surface area (Å²) in [7, 11) is 0. The van der Waals surface area contributed by atoms with Crippen molar-refractivity contribution in [2.24, 2.45) is 0 Å². The Morgan fingerprint density at radius 1 is 1.41 bits per heavy atom. The monoisotopic (exact) mass is 237 g/mol. The van der Waals surface area contributed by atoms with Crippen molar-refractivity contribution < 1.29 is 14.7 Å². The number of carboxylic acid groups (broad SMARTS) is 1. The molecule has 0 aromatic carbocycles. The summed E-state index contributed by atoms with van der Waals surface area (Å²) < 4.78 is 0. The molecule has 0 spiro atoms. The zero-order valence-corrected chi connectivity index (χ0v) is 9.56. The number of carboxylic acids is 1. The van der Waals surface area contributed by atoms with Crippen LogP contribution in [0, 0.1) is 6.92 Å². The van der Waals surface area contributed by atoms with Crippen LogP contribution in [0.15, 0.2) is 18.5 Å². The number of nitrogens with zero attached hydrogens (tertiary/aromatic N) is 1. The van der Waals surface area contributed by atoms with E-state index in [9.17, 15) is 9.59 Å². The molecule has 0 atom stereocenters. The van der Waals surface area contributed by atoms with Crippen LogP contribution in [0.3, 0.4) is 0 Å². The second kappa shape index (κ2) is 6.47. The molecule has 1 rings (SSSR count). The second-order valence-electron chi connectivity index (χ2n) is 3.63. The third kappa shape index (κ3) is 5.50. The van der Waals surface area contributed by atoms with Crippen molar-refractivity contribution in [2.75, 3.05) is 11.9 Å². The Bertz CT molecular complexity index is 407. The van der Waals surface area contributed by atoms with E-state index in [0.29, 0.717) is 18.7 Å². The van der Waals surface area contributed by atoms with Crippen molar-refractivity contribution in [2.45, 2.75) is 19.8 Å². The lowest BCUT2D eigenvalue weighted by atomic mass is 10.3. The molecule has 3 N–H and O–H groups in total. The summed E-state index contributed by atoms with van der Waals surface area (Å²) in [5.74, 6) is -0.866. The first-order chi connectivity index (χ1) is 8.08. The van der Waals surface area contributed by atoms with Crippen molar-refractivity contribution in [3.8, 4) is 0 Å². The highest BCUT2D eigenvalue weighted by molar-refractivity contribution is 5.89. The first-order valence-corrected chi connectivity index (χ1v) is 5.26. The van der Waals surface area contributed by atoms with Gasteiger partial charge >= 0.3 is 12.0 Å². The molecule has 0 aliphatic rings. The molecule has 0 radical (unpaired) electrons. The fourth-order valence-corrected chi connectivity index (χ4v) is 1.24. The van der Waals surface area contributed by atoms with Gasteiger partial charge in [0.1, 0.15) is 0 Å². The highest BCUT2D eigenvalue weighted by Gasteiger charge is 2.02. The van der Waals surface area contributed by atoms with Gasteiger partial charge in [0, 0.05) is 19.2 Å². The number of pyridine rings is 1. The molecule has 0 saturated carbocycles. The topological polar surface area (TPSA) is 91.3 Å². The molecule has 1 aromatic rings. The summed E-state index contributed by atoms with van der Waals surface area (Å²) in [6.07, 6.45) is 3.70. The third-order valence-electron chi connectivity index (χ3n) is 1.99. The molecular weight excluding hydrogens is 222 g/mol. The highest BCUT2D eigenvalue weighted by Crippen LogP contribution is 2.06. The quantitative estimate of drug-likeness (QED) is 0.674. The van der Waals surface area contributed by atoms with E-state index in [4.69, 9.17) is 5.11 Å². The van der Waals surface area contributed by atoms with Gasteiger partial charge < -0.3 is 15.7 Å². The van der Waals surface area contributed by atoms with Gasteiger partial charge in [-0.15, -0.1) is 0 Å². The minimum Gasteiger partial charge on any atom is -0.481 e. The summed E-state index contributed by atoms with van der Waals surface area (Å²) in [6.45, 7) is 2.21. The number of nitrogens with one attached hydrogen (secondary N) is 2. The Kier molecular flexibility index (Phi) is 4.93. The predicted molar refractivity (Wildman–Crippen MR) is 62.9 cm³/mol. The van der Waals surface area contributed by atoms with Crippen LogP contribution in [-0.2, 0) is 4.79 Å². The van der Waals surface area contributed by atoms with Gasteiger partial charge in [-0.3, -0.25) is 9.78 Å². The predicted octanol–water partition coefficient (Wildman–Crippen LogP) is 1.38. The zero-order valence-electron chi connectivity index (χ0n) is 9.56. The minimum atomic E-state index is -0.866. The molecule has 0 aliphatic heterocycles. The van der Waals surface area contributed by atoms with E-state index in [0.717, 1.165) is 5.56 Å². The molecule has 2 amide bonds. The minimum absolute atomic E-state index is 0.0479. The summed E-state index contributed by atoms with van der Waals surface area (Å²) in [5.41, 5.74) is 1.56. The van der Waals surface area contributed by atoms with Crippen LogP contribution < -0.4 is 10.6 Å². The van der Waals surface area contributed by atoms with Gasteiger partial charge in [0.05, 0.1) is 11.9 Å². The summed E-state index contributed by atoms with van der Waals surface area (Å²) in [5, 5.41) is 13.6. The molecule has 0 saturated heterocycles. The SMILES string of the molecule is Cc1cncc(NC(=O)NCCCC(=O)O)c1. The van der Waals surface area contributed by atoms with Crippen molar-refractivity contribution in [3.63, 3.8) is 0 Å². The normalized spacial score (nSPS) is 9.71. The van der Waals surface area contributed by atoms with Crippen LogP contribution in [0.5, 0.6) is 0 Å². The van der Waals surface area contributed by atoms with Gasteiger partial charge in [0.15, 0.2) is 0 Å². The van der Waals surface area contributed by atoms with E-state index in [1.54, 1.807) is 18.5 Å². The van der Waals surface area contributed by atoms with Crippen LogP contribution in [0.4, 0.5) is 10.5 Å². The molecule has 1 aromatic heterocycles. The number of hydrogen-bond acceptors (Lipinski definition) is 3. The van der Waals surface area contributed by atoms with E-state index in [-0.39, 0.29) is 12.5 Å². The average Bonchev–Trinajstić information content (AvgIpc) is 2.24. The van der Waals surface area contributed by atoms with Crippen LogP contribution >= 0.6 is 0 Å². The molecule has 92 valence electrons. The van der Waals surface area contributed by atoms with Crippen LogP contribution in [0.1, 0.15) is 18.4 Å². The Hall–Kier alpha value is -2.11. The first-order valence-electron chi connectivity index (χ1n) is 5.26. The Labute approximate surface area is 99.1 Å². The maximum atomic E-state index is 11.4. The second-order valence-corrected chi connectivity index (χ2v) is 3.63. The van der Waals surface area contributed by atoms with Crippen molar-refractivity contribution >= 4 is 17.7 Å². The number of aryl methyl sites for hydroxylation is 1. The van der Waals surface area contributed by atoms with E-state index in [1.165, 1.54) is 0 Å².